The van der Waals surface area contributed by atoms with E-state index in [1.54, 1.807) is 11.8 Å². The van der Waals surface area contributed by atoms with E-state index in [-0.39, 0.29) is 37.2 Å². The largest absolute Gasteiger partial charge is 0.298 e. The smallest absolute Gasteiger partial charge is 0.240 e. The maximum Gasteiger partial charge on any atom is 0.240 e. The molecule has 0 atom stereocenters. The van der Waals surface area contributed by atoms with E-state index in [2.05, 4.69) is 5.32 Å². The van der Waals surface area contributed by atoms with Crippen LogP contribution in [0.5, 0.6) is 0 Å². The molecule has 0 aromatic rings. The third kappa shape index (κ3) is 2.95. The van der Waals surface area contributed by atoms with Gasteiger partial charge in [0.1, 0.15) is 5.78 Å². The number of carbonyl (C=O) groups excluding carboxylic acids is 3. The van der Waals surface area contributed by atoms with Crippen molar-refractivity contribution in [2.75, 3.05) is 19.6 Å². The van der Waals surface area contributed by atoms with Crippen molar-refractivity contribution < 1.29 is 14.4 Å². The highest BCUT2D eigenvalue weighted by atomic mass is 16.2. The van der Waals surface area contributed by atoms with Crippen LogP contribution in [-0.4, -0.2) is 42.1 Å². The predicted molar refractivity (Wildman–Crippen MR) is 44.9 cm³/mol. The molecular weight excluding hydrogens is 172 g/mol. The van der Waals surface area contributed by atoms with Crippen LogP contribution >= 0.6 is 0 Å². The molecule has 1 aliphatic heterocycles. The molecule has 1 N–H and O–H groups in total. The molecule has 0 aliphatic carbocycles. The zero-order valence-corrected chi connectivity index (χ0v) is 7.50. The van der Waals surface area contributed by atoms with E-state index in [0.717, 1.165) is 0 Å². The summed E-state index contributed by atoms with van der Waals surface area (Å²) in [5.74, 6) is -0.622. The molecule has 13 heavy (non-hydrogen) atoms. The van der Waals surface area contributed by atoms with Crippen LogP contribution in [0.15, 0.2) is 0 Å². The normalized spacial score (nSPS) is 18.5. The minimum atomic E-state index is -0.333. The lowest BCUT2D eigenvalue weighted by Crippen LogP contribution is -2.52. The molecule has 0 aromatic carbocycles. The Morgan fingerprint density at radius 3 is 2.38 bits per heavy atom. The van der Waals surface area contributed by atoms with E-state index in [4.69, 9.17) is 0 Å². The second kappa shape index (κ2) is 4.13. The van der Waals surface area contributed by atoms with Crippen molar-refractivity contribution in [2.24, 2.45) is 0 Å². The Morgan fingerprint density at radius 1 is 1.38 bits per heavy atom. The first-order valence-electron chi connectivity index (χ1n) is 4.18. The standard InChI is InChI=1S/C8H12N2O3/c1-2-6(11)3-10-4-7(12)9-8(13)5-10/h2-5H2,1H3,(H,9,12,13). The topological polar surface area (TPSA) is 66.5 Å². The van der Waals surface area contributed by atoms with Crippen LogP contribution in [0, 0.1) is 0 Å². The van der Waals surface area contributed by atoms with E-state index in [0.29, 0.717) is 6.42 Å². The molecule has 1 aliphatic rings. The van der Waals surface area contributed by atoms with Gasteiger partial charge in [0.25, 0.3) is 0 Å². The van der Waals surface area contributed by atoms with Gasteiger partial charge in [0.05, 0.1) is 19.6 Å². The van der Waals surface area contributed by atoms with Gasteiger partial charge in [-0.2, -0.15) is 0 Å². The van der Waals surface area contributed by atoms with Gasteiger partial charge in [-0.15, -0.1) is 0 Å². The summed E-state index contributed by atoms with van der Waals surface area (Å²) in [6, 6.07) is 0. The van der Waals surface area contributed by atoms with Crippen LogP contribution in [0.2, 0.25) is 0 Å². The van der Waals surface area contributed by atoms with Gasteiger partial charge in [-0.3, -0.25) is 24.6 Å². The molecule has 0 saturated carbocycles. The lowest BCUT2D eigenvalue weighted by molar-refractivity contribution is -0.136. The Hall–Kier alpha value is -1.23. The molecule has 0 aromatic heterocycles. The van der Waals surface area contributed by atoms with Crippen molar-refractivity contribution in [3.05, 3.63) is 0 Å². The Labute approximate surface area is 76.1 Å². The van der Waals surface area contributed by atoms with Crippen molar-refractivity contribution in [1.29, 1.82) is 0 Å². The number of amides is 2. The predicted octanol–water partition coefficient (Wildman–Crippen LogP) is -1.08. The van der Waals surface area contributed by atoms with Gasteiger partial charge < -0.3 is 0 Å². The average molecular weight is 184 g/mol. The van der Waals surface area contributed by atoms with Crippen molar-refractivity contribution in [3.63, 3.8) is 0 Å². The molecule has 1 fully saturated rings. The van der Waals surface area contributed by atoms with E-state index < -0.39 is 0 Å². The molecule has 0 unspecified atom stereocenters. The molecule has 72 valence electrons. The third-order valence-corrected chi connectivity index (χ3v) is 1.81. The number of hydrogen-bond acceptors (Lipinski definition) is 4. The monoisotopic (exact) mass is 184 g/mol. The molecule has 0 spiro atoms. The van der Waals surface area contributed by atoms with Gasteiger partial charge >= 0.3 is 0 Å². The van der Waals surface area contributed by atoms with Crippen LogP contribution < -0.4 is 5.32 Å². The summed E-state index contributed by atoms with van der Waals surface area (Å²) in [6.07, 6.45) is 0.437. The number of hydrogen-bond donors (Lipinski definition) is 1. The Bertz CT molecular complexity index is 234. The SMILES string of the molecule is CCC(=O)CN1CC(=O)NC(=O)C1. The van der Waals surface area contributed by atoms with Crippen molar-refractivity contribution in [1.82, 2.24) is 10.2 Å². The fourth-order valence-electron chi connectivity index (χ4n) is 1.17. The number of rotatable bonds is 3. The maximum absolute atomic E-state index is 11.0. The highest BCUT2D eigenvalue weighted by molar-refractivity contribution is 5.99. The van der Waals surface area contributed by atoms with E-state index in [9.17, 15) is 14.4 Å². The van der Waals surface area contributed by atoms with Crippen molar-refractivity contribution in [2.45, 2.75) is 13.3 Å². The van der Waals surface area contributed by atoms with Crippen LogP contribution in [0.3, 0.4) is 0 Å². The van der Waals surface area contributed by atoms with E-state index >= 15 is 0 Å². The zero-order chi connectivity index (χ0) is 9.84. The minimum Gasteiger partial charge on any atom is -0.298 e. The van der Waals surface area contributed by atoms with Crippen LogP contribution in [-0.2, 0) is 14.4 Å². The Morgan fingerprint density at radius 2 is 1.92 bits per heavy atom. The summed E-state index contributed by atoms with van der Waals surface area (Å²) in [6.45, 7) is 2.22. The lowest BCUT2D eigenvalue weighted by Gasteiger charge is -2.24. The Balaban J connectivity index is 2.46. The first kappa shape index (κ1) is 9.85. The van der Waals surface area contributed by atoms with E-state index in [1.807, 2.05) is 0 Å². The fraction of sp³-hybridized carbons (Fsp3) is 0.625. The van der Waals surface area contributed by atoms with Crippen molar-refractivity contribution in [3.8, 4) is 0 Å². The average Bonchev–Trinajstić information content (AvgIpc) is 2.02. The van der Waals surface area contributed by atoms with Crippen LogP contribution in [0.1, 0.15) is 13.3 Å². The first-order chi connectivity index (χ1) is 6.11. The molecule has 1 heterocycles. The van der Waals surface area contributed by atoms with Crippen molar-refractivity contribution >= 4 is 17.6 Å². The number of carbonyl (C=O) groups is 3. The number of nitrogens with one attached hydrogen (secondary N) is 1. The fourth-order valence-corrected chi connectivity index (χ4v) is 1.17. The summed E-state index contributed by atoms with van der Waals surface area (Å²) in [7, 11) is 0. The Kier molecular flexibility index (Phi) is 3.13. The molecule has 5 nitrogen and oxygen atoms in total. The molecular formula is C8H12N2O3. The second-order valence-electron chi connectivity index (χ2n) is 3.01. The molecule has 2 amide bonds. The van der Waals surface area contributed by atoms with Crippen LogP contribution in [0.4, 0.5) is 0 Å². The van der Waals surface area contributed by atoms with Gasteiger partial charge in [-0.1, -0.05) is 6.92 Å². The summed E-state index contributed by atoms with van der Waals surface area (Å²) < 4.78 is 0. The number of Topliss-reactive ketones (excluding diaryl/α,β-unsaturated/α-hetero) is 1. The minimum absolute atomic E-state index is 0.0440. The molecule has 1 saturated heterocycles. The summed E-state index contributed by atoms with van der Waals surface area (Å²) in [5, 5.41) is 2.17. The molecule has 5 heteroatoms. The number of piperazine rings is 1. The number of imide groups is 1. The maximum atomic E-state index is 11.0. The van der Waals surface area contributed by atoms with Gasteiger partial charge in [0.15, 0.2) is 0 Å². The molecule has 0 bridgehead atoms. The molecule has 0 radical (unpaired) electrons. The summed E-state index contributed by atoms with van der Waals surface area (Å²) in [5.41, 5.74) is 0. The summed E-state index contributed by atoms with van der Waals surface area (Å²) >= 11 is 0. The van der Waals surface area contributed by atoms with Gasteiger partial charge in [-0.05, 0) is 0 Å². The highest BCUT2D eigenvalue weighted by Gasteiger charge is 2.23. The lowest BCUT2D eigenvalue weighted by atomic mass is 10.2. The number of nitrogens with zero attached hydrogens (tertiary/aromatic N) is 1. The highest BCUT2D eigenvalue weighted by Crippen LogP contribution is 1.95. The quantitative estimate of drug-likeness (QED) is 0.567. The second-order valence-corrected chi connectivity index (χ2v) is 3.01. The molecule has 1 rings (SSSR count). The zero-order valence-electron chi connectivity index (χ0n) is 7.50. The number of ketones is 1. The van der Waals surface area contributed by atoms with E-state index in [1.165, 1.54) is 0 Å². The first-order valence-corrected chi connectivity index (χ1v) is 4.18. The van der Waals surface area contributed by atoms with Gasteiger partial charge in [0, 0.05) is 6.42 Å². The third-order valence-electron chi connectivity index (χ3n) is 1.81. The van der Waals surface area contributed by atoms with Crippen LogP contribution in [0.25, 0.3) is 0 Å². The van der Waals surface area contributed by atoms with Gasteiger partial charge in [0.2, 0.25) is 11.8 Å². The van der Waals surface area contributed by atoms with Gasteiger partial charge in [-0.25, -0.2) is 0 Å². The summed E-state index contributed by atoms with van der Waals surface area (Å²) in [4.78, 5) is 34.3.